The molecule has 1 aromatic rings. The van der Waals surface area contributed by atoms with Crippen LogP contribution in [0.4, 0.5) is 4.39 Å². The highest BCUT2D eigenvalue weighted by atomic mass is 19.1. The Hall–Kier alpha value is -2.04. The third-order valence-corrected chi connectivity index (χ3v) is 4.02. The first kappa shape index (κ1) is 17.3. The lowest BCUT2D eigenvalue weighted by Crippen LogP contribution is -2.37. The van der Waals surface area contributed by atoms with Crippen molar-refractivity contribution >= 4 is 5.96 Å². The van der Waals surface area contributed by atoms with Gasteiger partial charge in [0, 0.05) is 20.1 Å². The van der Waals surface area contributed by atoms with Crippen molar-refractivity contribution in [2.45, 2.75) is 38.6 Å². The third-order valence-electron chi connectivity index (χ3n) is 4.02. The van der Waals surface area contributed by atoms with Crippen LogP contribution >= 0.6 is 0 Å². The molecule has 0 radical (unpaired) electrons. The number of nitrogens with one attached hydrogen (secondary N) is 2. The summed E-state index contributed by atoms with van der Waals surface area (Å²) >= 11 is 0. The van der Waals surface area contributed by atoms with E-state index in [9.17, 15) is 4.39 Å². The zero-order valence-corrected chi connectivity index (χ0v) is 14.0. The van der Waals surface area contributed by atoms with Crippen LogP contribution in [-0.4, -0.2) is 26.7 Å². The van der Waals surface area contributed by atoms with Gasteiger partial charge in [0.1, 0.15) is 0 Å². The van der Waals surface area contributed by atoms with Crippen molar-refractivity contribution < 1.29 is 9.13 Å². The second-order valence-electron chi connectivity index (χ2n) is 5.68. The quantitative estimate of drug-likeness (QED) is 0.480. The van der Waals surface area contributed by atoms with E-state index in [0.717, 1.165) is 24.5 Å². The van der Waals surface area contributed by atoms with Gasteiger partial charge in [-0.2, -0.15) is 0 Å². The maximum Gasteiger partial charge on any atom is 0.191 e. The number of guanidine groups is 1. The lowest BCUT2D eigenvalue weighted by molar-refractivity contribution is 0.386. The highest BCUT2D eigenvalue weighted by Gasteiger charge is 2.06. The zero-order chi connectivity index (χ0) is 16.5. The predicted molar refractivity (Wildman–Crippen MR) is 92.3 cm³/mol. The first-order valence-corrected chi connectivity index (χ1v) is 8.17. The van der Waals surface area contributed by atoms with E-state index in [1.54, 1.807) is 13.1 Å². The molecule has 0 atom stereocenters. The van der Waals surface area contributed by atoms with Crippen molar-refractivity contribution in [3.05, 3.63) is 41.2 Å². The van der Waals surface area contributed by atoms with Crippen LogP contribution in [0.3, 0.4) is 0 Å². The van der Waals surface area contributed by atoms with E-state index in [1.807, 2.05) is 6.07 Å². The summed E-state index contributed by atoms with van der Waals surface area (Å²) in [4.78, 5) is 4.20. The van der Waals surface area contributed by atoms with E-state index in [4.69, 9.17) is 4.74 Å². The fourth-order valence-electron chi connectivity index (χ4n) is 2.70. The van der Waals surface area contributed by atoms with Crippen LogP contribution in [0.15, 0.2) is 34.8 Å². The number of halogens is 1. The Balaban J connectivity index is 1.76. The molecule has 0 aliphatic heterocycles. The van der Waals surface area contributed by atoms with E-state index in [0.29, 0.717) is 6.54 Å². The summed E-state index contributed by atoms with van der Waals surface area (Å²) in [5, 5.41) is 6.50. The smallest absolute Gasteiger partial charge is 0.191 e. The molecule has 0 saturated carbocycles. The van der Waals surface area contributed by atoms with Crippen LogP contribution in [0.1, 0.15) is 37.7 Å². The number of methoxy groups -OCH3 is 1. The number of hydrogen-bond acceptors (Lipinski definition) is 2. The van der Waals surface area contributed by atoms with Crippen molar-refractivity contribution in [1.29, 1.82) is 0 Å². The van der Waals surface area contributed by atoms with Crippen molar-refractivity contribution in [2.75, 3.05) is 20.7 Å². The molecule has 126 valence electrons. The average molecular weight is 319 g/mol. The van der Waals surface area contributed by atoms with Gasteiger partial charge in [-0.15, -0.1) is 0 Å². The number of rotatable bonds is 6. The summed E-state index contributed by atoms with van der Waals surface area (Å²) < 4.78 is 18.6. The first-order valence-electron chi connectivity index (χ1n) is 8.17. The average Bonchev–Trinajstić information content (AvgIpc) is 2.59. The Morgan fingerprint density at radius 3 is 2.83 bits per heavy atom. The topological polar surface area (TPSA) is 45.7 Å². The maximum atomic E-state index is 13.7. The minimum atomic E-state index is -0.348. The summed E-state index contributed by atoms with van der Waals surface area (Å²) in [7, 11) is 3.20. The molecular weight excluding hydrogens is 293 g/mol. The van der Waals surface area contributed by atoms with Crippen LogP contribution in [0.25, 0.3) is 0 Å². The number of allylic oxidation sites excluding steroid dienone is 1. The van der Waals surface area contributed by atoms with Crippen molar-refractivity contribution in [2.24, 2.45) is 4.99 Å². The van der Waals surface area contributed by atoms with E-state index < -0.39 is 0 Å². The van der Waals surface area contributed by atoms with Gasteiger partial charge in [-0.3, -0.25) is 4.99 Å². The monoisotopic (exact) mass is 319 g/mol. The van der Waals surface area contributed by atoms with Gasteiger partial charge in [0.15, 0.2) is 17.5 Å². The molecule has 1 aromatic carbocycles. The molecule has 1 aliphatic rings. The number of nitrogens with zero attached hydrogens (tertiary/aromatic N) is 1. The van der Waals surface area contributed by atoms with Gasteiger partial charge in [-0.1, -0.05) is 17.7 Å². The van der Waals surface area contributed by atoms with Gasteiger partial charge < -0.3 is 15.4 Å². The van der Waals surface area contributed by atoms with Gasteiger partial charge in [-0.05, 0) is 49.8 Å². The largest absolute Gasteiger partial charge is 0.494 e. The fraction of sp³-hybridized carbons (Fsp3) is 0.500. The lowest BCUT2D eigenvalue weighted by Gasteiger charge is -2.15. The number of aliphatic imine (C=N–C) groups is 1. The molecular formula is C18H26FN3O. The third kappa shape index (κ3) is 5.58. The Labute approximate surface area is 137 Å². The minimum Gasteiger partial charge on any atom is -0.494 e. The molecule has 23 heavy (non-hydrogen) atoms. The van der Waals surface area contributed by atoms with Crippen LogP contribution < -0.4 is 15.4 Å². The summed E-state index contributed by atoms with van der Waals surface area (Å²) in [5.74, 6) is 0.647. The van der Waals surface area contributed by atoms with Gasteiger partial charge in [0.05, 0.1) is 7.11 Å². The van der Waals surface area contributed by atoms with Crippen molar-refractivity contribution in [1.82, 2.24) is 10.6 Å². The van der Waals surface area contributed by atoms with E-state index in [2.05, 4.69) is 21.7 Å². The molecule has 2 N–H and O–H groups in total. The molecule has 0 fully saturated rings. The lowest BCUT2D eigenvalue weighted by atomic mass is 9.97. The van der Waals surface area contributed by atoms with E-state index in [-0.39, 0.29) is 11.6 Å². The standard InChI is InChI=1S/C18H26FN3O/c1-20-18(21-11-10-14-6-4-3-5-7-14)22-13-15-8-9-17(23-2)16(19)12-15/h6,8-9,12H,3-5,7,10-11,13H2,1-2H3,(H2,20,21,22). The van der Waals surface area contributed by atoms with Gasteiger partial charge in [0.2, 0.25) is 0 Å². The molecule has 0 saturated heterocycles. The van der Waals surface area contributed by atoms with Crippen LogP contribution in [0.5, 0.6) is 5.75 Å². The molecule has 1 aliphatic carbocycles. The molecule has 5 heteroatoms. The van der Waals surface area contributed by atoms with E-state index >= 15 is 0 Å². The van der Waals surface area contributed by atoms with Crippen LogP contribution in [0.2, 0.25) is 0 Å². The van der Waals surface area contributed by atoms with Gasteiger partial charge in [0.25, 0.3) is 0 Å². The summed E-state index contributed by atoms with van der Waals surface area (Å²) in [6.07, 6.45) is 8.48. The second kappa shape index (κ2) is 9.18. The Morgan fingerprint density at radius 1 is 1.30 bits per heavy atom. The van der Waals surface area contributed by atoms with Crippen molar-refractivity contribution in [3.63, 3.8) is 0 Å². The molecule has 0 aromatic heterocycles. The highest BCUT2D eigenvalue weighted by Crippen LogP contribution is 2.19. The van der Waals surface area contributed by atoms with Crippen LogP contribution in [0, 0.1) is 5.82 Å². The molecule has 4 nitrogen and oxygen atoms in total. The van der Waals surface area contributed by atoms with Gasteiger partial charge >= 0.3 is 0 Å². The fourth-order valence-corrected chi connectivity index (χ4v) is 2.70. The summed E-state index contributed by atoms with van der Waals surface area (Å²) in [5.41, 5.74) is 2.39. The summed E-state index contributed by atoms with van der Waals surface area (Å²) in [6, 6.07) is 4.96. The Morgan fingerprint density at radius 2 is 2.17 bits per heavy atom. The molecule has 2 rings (SSSR count). The normalized spacial score (nSPS) is 15.1. The highest BCUT2D eigenvalue weighted by molar-refractivity contribution is 5.79. The number of benzene rings is 1. The maximum absolute atomic E-state index is 13.7. The Kier molecular flexibility index (Phi) is 6.91. The number of hydrogen-bond donors (Lipinski definition) is 2. The molecule has 0 amide bonds. The van der Waals surface area contributed by atoms with Crippen molar-refractivity contribution in [3.8, 4) is 5.75 Å². The first-order chi connectivity index (χ1) is 11.2. The number of ether oxygens (including phenoxy) is 1. The minimum absolute atomic E-state index is 0.261. The molecule has 0 spiro atoms. The molecule has 0 unspecified atom stereocenters. The SMILES string of the molecule is CN=C(NCCC1=CCCCC1)NCc1ccc(OC)c(F)c1. The predicted octanol–water partition coefficient (Wildman–Crippen LogP) is 3.39. The molecule has 0 bridgehead atoms. The van der Waals surface area contributed by atoms with E-state index in [1.165, 1.54) is 44.4 Å². The zero-order valence-electron chi connectivity index (χ0n) is 14.0. The Bertz CT molecular complexity index is 569. The second-order valence-corrected chi connectivity index (χ2v) is 5.68. The van der Waals surface area contributed by atoms with Crippen LogP contribution in [-0.2, 0) is 6.54 Å². The summed E-state index contributed by atoms with van der Waals surface area (Å²) in [6.45, 7) is 1.38. The molecule has 0 heterocycles. The van der Waals surface area contributed by atoms with Gasteiger partial charge in [-0.25, -0.2) is 4.39 Å².